The highest BCUT2D eigenvalue weighted by molar-refractivity contribution is 5.67. The van der Waals surface area contributed by atoms with E-state index in [1.807, 2.05) is 11.8 Å². The number of amides is 1. The zero-order valence-corrected chi connectivity index (χ0v) is 11.4. The van der Waals surface area contributed by atoms with Crippen molar-refractivity contribution in [1.29, 1.82) is 0 Å². The quantitative estimate of drug-likeness (QED) is 0.711. The van der Waals surface area contributed by atoms with Crippen molar-refractivity contribution in [2.75, 3.05) is 19.7 Å². The van der Waals surface area contributed by atoms with Crippen molar-refractivity contribution < 1.29 is 9.53 Å². The Labute approximate surface area is 109 Å². The molecule has 0 radical (unpaired) electrons. The van der Waals surface area contributed by atoms with Gasteiger partial charge in [-0.1, -0.05) is 23.8 Å². The summed E-state index contributed by atoms with van der Waals surface area (Å²) < 4.78 is 5.05. The highest BCUT2D eigenvalue weighted by atomic mass is 16.6. The molecule has 18 heavy (non-hydrogen) atoms. The van der Waals surface area contributed by atoms with Crippen LogP contribution in [0.5, 0.6) is 0 Å². The van der Waals surface area contributed by atoms with Gasteiger partial charge in [0.05, 0.1) is 6.61 Å². The van der Waals surface area contributed by atoms with Gasteiger partial charge in [0.25, 0.3) is 0 Å². The molecule has 0 bridgehead atoms. The zero-order valence-electron chi connectivity index (χ0n) is 11.4. The van der Waals surface area contributed by atoms with Gasteiger partial charge >= 0.3 is 6.09 Å². The molecular formula is C15H23NO2. The molecule has 0 aromatic rings. The second kappa shape index (κ2) is 5.59. The van der Waals surface area contributed by atoms with Crippen LogP contribution in [0.2, 0.25) is 0 Å². The largest absolute Gasteiger partial charge is 0.450 e. The molecule has 0 N–H and O–H groups in total. The van der Waals surface area contributed by atoms with Crippen molar-refractivity contribution in [3.05, 3.63) is 23.8 Å². The van der Waals surface area contributed by atoms with Gasteiger partial charge in [-0.25, -0.2) is 4.79 Å². The van der Waals surface area contributed by atoms with Gasteiger partial charge in [0, 0.05) is 13.1 Å². The fourth-order valence-corrected chi connectivity index (χ4v) is 2.85. The molecule has 0 aromatic carbocycles. The van der Waals surface area contributed by atoms with E-state index >= 15 is 0 Å². The summed E-state index contributed by atoms with van der Waals surface area (Å²) in [6.07, 6.45) is 11.2. The Morgan fingerprint density at radius 2 is 2.17 bits per heavy atom. The second-order valence-corrected chi connectivity index (χ2v) is 5.25. The van der Waals surface area contributed by atoms with Crippen LogP contribution in [-0.4, -0.2) is 30.7 Å². The first-order valence-electron chi connectivity index (χ1n) is 6.95. The minimum absolute atomic E-state index is 0.152. The molecule has 1 fully saturated rings. The minimum Gasteiger partial charge on any atom is -0.450 e. The smallest absolute Gasteiger partial charge is 0.409 e. The first-order valence-corrected chi connectivity index (χ1v) is 6.95. The van der Waals surface area contributed by atoms with Gasteiger partial charge < -0.3 is 9.64 Å². The minimum atomic E-state index is -0.152. The number of likely N-dealkylation sites (tertiary alicyclic amines) is 1. The van der Waals surface area contributed by atoms with E-state index in [2.05, 4.69) is 25.2 Å². The summed E-state index contributed by atoms with van der Waals surface area (Å²) in [5.74, 6) is 0. The van der Waals surface area contributed by atoms with Crippen LogP contribution in [0.1, 0.15) is 39.5 Å². The molecule has 0 unspecified atom stereocenters. The maximum absolute atomic E-state index is 11.6. The number of nitrogens with zero attached hydrogens (tertiary/aromatic N) is 1. The molecule has 0 atom stereocenters. The molecule has 0 aromatic heterocycles. The summed E-state index contributed by atoms with van der Waals surface area (Å²) in [4.78, 5) is 13.5. The second-order valence-electron chi connectivity index (χ2n) is 5.25. The van der Waals surface area contributed by atoms with Crippen LogP contribution in [0.3, 0.4) is 0 Å². The number of hydrogen-bond donors (Lipinski definition) is 0. The number of carbonyl (C=O) groups is 1. The van der Waals surface area contributed by atoms with Crippen LogP contribution >= 0.6 is 0 Å². The molecule has 0 saturated carbocycles. The van der Waals surface area contributed by atoms with E-state index < -0.39 is 0 Å². The highest BCUT2D eigenvalue weighted by Gasteiger charge is 2.35. The maximum atomic E-state index is 11.6. The average Bonchev–Trinajstić information content (AvgIpc) is 2.41. The van der Waals surface area contributed by atoms with E-state index in [4.69, 9.17) is 4.74 Å². The number of rotatable bonds is 1. The fraction of sp³-hybridized carbons (Fsp3) is 0.667. The lowest BCUT2D eigenvalue weighted by Gasteiger charge is -2.41. The molecule has 1 saturated heterocycles. The predicted octanol–water partition coefficient (Wildman–Crippen LogP) is 3.52. The van der Waals surface area contributed by atoms with Gasteiger partial charge in [-0.2, -0.15) is 0 Å². The number of piperidine rings is 1. The SMILES string of the molecule is C/C=C1/C=CC2(CC1)CCN(C(=O)OCC)CC2. The molecule has 1 aliphatic heterocycles. The fourth-order valence-electron chi connectivity index (χ4n) is 2.85. The van der Waals surface area contributed by atoms with Gasteiger partial charge in [0.2, 0.25) is 0 Å². The van der Waals surface area contributed by atoms with E-state index in [9.17, 15) is 4.79 Å². The molecular weight excluding hydrogens is 226 g/mol. The third-order valence-corrected chi connectivity index (χ3v) is 4.22. The van der Waals surface area contributed by atoms with Gasteiger partial charge in [-0.3, -0.25) is 0 Å². The monoisotopic (exact) mass is 249 g/mol. The van der Waals surface area contributed by atoms with Gasteiger partial charge in [0.15, 0.2) is 0 Å². The summed E-state index contributed by atoms with van der Waals surface area (Å²) in [6, 6.07) is 0. The van der Waals surface area contributed by atoms with Crippen LogP contribution in [0, 0.1) is 5.41 Å². The zero-order chi connectivity index (χ0) is 13.0. The number of hydrogen-bond acceptors (Lipinski definition) is 2. The maximum Gasteiger partial charge on any atom is 0.409 e. The highest BCUT2D eigenvalue weighted by Crippen LogP contribution is 2.41. The number of ether oxygens (including phenoxy) is 1. The standard InChI is InChI=1S/C15H23NO2/c1-3-13-5-7-15(8-6-13)9-11-16(12-10-15)14(17)18-4-2/h3,5,7H,4,6,8-12H2,1-2H3/b13-3-. The van der Waals surface area contributed by atoms with Crippen molar-refractivity contribution in [2.45, 2.75) is 39.5 Å². The molecule has 3 heteroatoms. The molecule has 1 aliphatic carbocycles. The van der Waals surface area contributed by atoms with Crippen LogP contribution in [0.15, 0.2) is 23.8 Å². The van der Waals surface area contributed by atoms with Crippen LogP contribution < -0.4 is 0 Å². The molecule has 2 rings (SSSR count). The Kier molecular flexibility index (Phi) is 4.10. The predicted molar refractivity (Wildman–Crippen MR) is 72.4 cm³/mol. The molecule has 2 aliphatic rings. The lowest BCUT2D eigenvalue weighted by Crippen LogP contribution is -2.43. The normalized spacial score (nSPS) is 24.6. The first-order chi connectivity index (χ1) is 8.69. The van der Waals surface area contributed by atoms with Gasteiger partial charge in [0.1, 0.15) is 0 Å². The Bertz CT molecular complexity index is 363. The topological polar surface area (TPSA) is 29.5 Å². The Balaban J connectivity index is 1.92. The van der Waals surface area contributed by atoms with E-state index in [1.54, 1.807) is 0 Å². The van der Waals surface area contributed by atoms with Gasteiger partial charge in [-0.05, 0) is 44.9 Å². The third-order valence-electron chi connectivity index (χ3n) is 4.22. The molecule has 1 spiro atoms. The molecule has 1 amide bonds. The Morgan fingerprint density at radius 3 is 2.67 bits per heavy atom. The summed E-state index contributed by atoms with van der Waals surface area (Å²) in [5, 5.41) is 0. The molecule has 3 nitrogen and oxygen atoms in total. The molecule has 1 heterocycles. The number of carbonyl (C=O) groups excluding carboxylic acids is 1. The van der Waals surface area contributed by atoms with Crippen molar-refractivity contribution in [2.24, 2.45) is 5.41 Å². The first kappa shape index (κ1) is 13.2. The van der Waals surface area contributed by atoms with E-state index in [-0.39, 0.29) is 6.09 Å². The Morgan fingerprint density at radius 1 is 1.44 bits per heavy atom. The van der Waals surface area contributed by atoms with Crippen LogP contribution in [0.4, 0.5) is 4.79 Å². The van der Waals surface area contributed by atoms with E-state index in [0.717, 1.165) is 25.9 Å². The summed E-state index contributed by atoms with van der Waals surface area (Å²) in [5.41, 5.74) is 1.77. The summed E-state index contributed by atoms with van der Waals surface area (Å²) >= 11 is 0. The van der Waals surface area contributed by atoms with E-state index in [0.29, 0.717) is 12.0 Å². The van der Waals surface area contributed by atoms with Crippen molar-refractivity contribution in [3.8, 4) is 0 Å². The van der Waals surface area contributed by atoms with Gasteiger partial charge in [-0.15, -0.1) is 0 Å². The van der Waals surface area contributed by atoms with Crippen molar-refractivity contribution >= 4 is 6.09 Å². The van der Waals surface area contributed by atoms with Crippen LogP contribution in [0.25, 0.3) is 0 Å². The van der Waals surface area contributed by atoms with E-state index in [1.165, 1.54) is 18.4 Å². The van der Waals surface area contributed by atoms with Crippen LogP contribution in [-0.2, 0) is 4.74 Å². The summed E-state index contributed by atoms with van der Waals surface area (Å²) in [6.45, 7) is 6.07. The molecule has 100 valence electrons. The summed E-state index contributed by atoms with van der Waals surface area (Å²) in [7, 11) is 0. The third kappa shape index (κ3) is 2.77. The lowest BCUT2D eigenvalue weighted by atomic mass is 9.71. The Hall–Kier alpha value is -1.25. The van der Waals surface area contributed by atoms with Crippen molar-refractivity contribution in [3.63, 3.8) is 0 Å². The van der Waals surface area contributed by atoms with Crippen molar-refractivity contribution in [1.82, 2.24) is 4.90 Å². The number of allylic oxidation sites excluding steroid dienone is 4. The lowest BCUT2D eigenvalue weighted by molar-refractivity contribution is 0.0781. The average molecular weight is 249 g/mol.